The molecule has 0 aliphatic rings. The highest BCUT2D eigenvalue weighted by molar-refractivity contribution is 6.50. The molecular formula is C6H10BF3N2O2. The average molecular weight is 210 g/mol. The Morgan fingerprint density at radius 1 is 1.43 bits per heavy atom. The second-order valence-corrected chi connectivity index (χ2v) is 2.57. The van der Waals surface area contributed by atoms with E-state index in [0.29, 0.717) is 5.01 Å². The number of rotatable bonds is 3. The predicted molar refractivity (Wildman–Crippen MR) is 46.3 cm³/mol. The van der Waals surface area contributed by atoms with E-state index in [2.05, 4.69) is 11.7 Å². The quantitative estimate of drug-likeness (QED) is 0.402. The van der Waals surface area contributed by atoms with Gasteiger partial charge in [0.05, 0.1) is 5.60 Å². The van der Waals surface area contributed by atoms with Crippen LogP contribution in [-0.2, 0) is 0 Å². The lowest BCUT2D eigenvalue weighted by Crippen LogP contribution is -2.29. The molecule has 8 heteroatoms. The van der Waals surface area contributed by atoms with Gasteiger partial charge in [-0.15, -0.1) is 0 Å². The number of hydrazone groups is 1. The lowest BCUT2D eigenvalue weighted by molar-refractivity contribution is -0.0603. The van der Waals surface area contributed by atoms with Crippen LogP contribution in [0.5, 0.6) is 0 Å². The first-order valence-corrected chi connectivity index (χ1v) is 3.57. The molecule has 0 fully saturated rings. The van der Waals surface area contributed by atoms with Crippen LogP contribution in [0.2, 0.25) is 0 Å². The summed E-state index contributed by atoms with van der Waals surface area (Å²) in [4.78, 5) is 0. The van der Waals surface area contributed by atoms with Gasteiger partial charge in [-0.3, -0.25) is 5.01 Å². The van der Waals surface area contributed by atoms with E-state index in [0.717, 1.165) is 14.0 Å². The minimum atomic E-state index is -4.53. The topological polar surface area (TPSA) is 56.1 Å². The standard InChI is InChI=1S/C6H10BF3N2O2/c1-4(6(8,9)10)11-12(3)5(2)7(13)14/h13-14H,2H2,1,3H3/b11-4+. The number of nitrogens with zero attached hydrogens (tertiary/aromatic N) is 2. The van der Waals surface area contributed by atoms with Gasteiger partial charge in [0.15, 0.2) is 0 Å². The van der Waals surface area contributed by atoms with Gasteiger partial charge in [0.2, 0.25) is 0 Å². The highest BCUT2D eigenvalue weighted by Gasteiger charge is 2.33. The Hall–Kier alpha value is -1.02. The van der Waals surface area contributed by atoms with Crippen molar-refractivity contribution in [2.75, 3.05) is 7.05 Å². The molecule has 0 saturated carbocycles. The molecule has 4 nitrogen and oxygen atoms in total. The first kappa shape index (κ1) is 13.0. The Balaban J connectivity index is 4.59. The van der Waals surface area contributed by atoms with Crippen molar-refractivity contribution in [3.63, 3.8) is 0 Å². The fraction of sp³-hybridized carbons (Fsp3) is 0.500. The second kappa shape index (κ2) is 4.47. The molecular weight excluding hydrogens is 200 g/mol. The van der Waals surface area contributed by atoms with E-state index < -0.39 is 19.0 Å². The normalized spacial score (nSPS) is 12.6. The van der Waals surface area contributed by atoms with E-state index in [1.165, 1.54) is 0 Å². The fourth-order valence-electron chi connectivity index (χ4n) is 0.513. The Morgan fingerprint density at radius 3 is 2.14 bits per heavy atom. The van der Waals surface area contributed by atoms with Gasteiger partial charge in [-0.2, -0.15) is 18.3 Å². The molecule has 0 aromatic heterocycles. The largest absolute Gasteiger partial charge is 0.507 e. The van der Waals surface area contributed by atoms with Crippen LogP contribution in [-0.4, -0.2) is 41.1 Å². The van der Waals surface area contributed by atoms with Crippen LogP contribution in [0.15, 0.2) is 17.3 Å². The van der Waals surface area contributed by atoms with E-state index in [1.807, 2.05) is 0 Å². The number of alkyl halides is 3. The van der Waals surface area contributed by atoms with Crippen LogP contribution in [0.25, 0.3) is 0 Å². The number of hydrogen-bond acceptors (Lipinski definition) is 4. The van der Waals surface area contributed by atoms with Crippen molar-refractivity contribution < 1.29 is 23.2 Å². The van der Waals surface area contributed by atoms with Gasteiger partial charge in [0.25, 0.3) is 0 Å². The zero-order chi connectivity index (χ0) is 11.5. The minimum Gasteiger partial charge on any atom is -0.422 e. The Kier molecular flexibility index (Phi) is 4.15. The summed E-state index contributed by atoms with van der Waals surface area (Å²) in [5, 5.41) is 20.9. The van der Waals surface area contributed by atoms with Crippen LogP contribution in [0.1, 0.15) is 6.92 Å². The Bertz CT molecular complexity index is 252. The molecule has 0 aliphatic heterocycles. The summed E-state index contributed by atoms with van der Waals surface area (Å²) in [7, 11) is -0.790. The van der Waals surface area contributed by atoms with E-state index in [-0.39, 0.29) is 5.60 Å². The van der Waals surface area contributed by atoms with Gasteiger partial charge < -0.3 is 10.0 Å². The molecule has 0 saturated heterocycles. The maximum atomic E-state index is 12.0. The zero-order valence-corrected chi connectivity index (χ0v) is 7.71. The maximum absolute atomic E-state index is 12.0. The third-order valence-corrected chi connectivity index (χ3v) is 1.42. The van der Waals surface area contributed by atoms with Crippen molar-refractivity contribution in [2.24, 2.45) is 5.10 Å². The molecule has 80 valence electrons. The van der Waals surface area contributed by atoms with Crippen molar-refractivity contribution in [1.82, 2.24) is 5.01 Å². The molecule has 0 aromatic carbocycles. The monoisotopic (exact) mass is 210 g/mol. The van der Waals surface area contributed by atoms with Crippen molar-refractivity contribution in [2.45, 2.75) is 13.1 Å². The molecule has 0 bridgehead atoms. The SMILES string of the molecule is C=C(B(O)O)N(C)/N=C(\C)C(F)(F)F. The molecule has 0 atom stereocenters. The number of hydrogen-bond donors (Lipinski definition) is 2. The molecule has 0 unspecified atom stereocenters. The molecule has 0 spiro atoms. The van der Waals surface area contributed by atoms with E-state index in [1.54, 1.807) is 0 Å². The van der Waals surface area contributed by atoms with E-state index in [9.17, 15) is 13.2 Å². The van der Waals surface area contributed by atoms with Crippen molar-refractivity contribution in [1.29, 1.82) is 0 Å². The highest BCUT2D eigenvalue weighted by Crippen LogP contribution is 2.17. The van der Waals surface area contributed by atoms with Crippen molar-refractivity contribution in [3.8, 4) is 0 Å². The summed E-state index contributed by atoms with van der Waals surface area (Å²) in [6, 6.07) is 0. The summed E-state index contributed by atoms with van der Waals surface area (Å²) in [5.74, 6) is 0. The molecule has 0 radical (unpaired) electrons. The maximum Gasteiger partial charge on any atom is 0.507 e. The summed E-state index contributed by atoms with van der Waals surface area (Å²) < 4.78 is 35.9. The minimum absolute atomic E-state index is 0.339. The van der Waals surface area contributed by atoms with Gasteiger partial charge in [0.1, 0.15) is 5.71 Å². The average Bonchev–Trinajstić information content (AvgIpc) is 2.00. The lowest BCUT2D eigenvalue weighted by Gasteiger charge is -2.17. The first-order chi connectivity index (χ1) is 6.16. The van der Waals surface area contributed by atoms with Crippen molar-refractivity contribution in [3.05, 3.63) is 12.2 Å². The molecule has 2 N–H and O–H groups in total. The molecule has 0 heterocycles. The molecule has 0 aliphatic carbocycles. The molecule has 0 rings (SSSR count). The van der Waals surface area contributed by atoms with Crippen LogP contribution in [0, 0.1) is 0 Å². The summed E-state index contributed by atoms with van der Waals surface area (Å²) in [6.45, 7) is 3.91. The van der Waals surface area contributed by atoms with Crippen LogP contribution >= 0.6 is 0 Å². The lowest BCUT2D eigenvalue weighted by atomic mass is 9.87. The predicted octanol–water partition coefficient (Wildman–Crippen LogP) is 0.382. The number of halogens is 3. The van der Waals surface area contributed by atoms with E-state index in [4.69, 9.17) is 10.0 Å². The Labute approximate surface area is 79.5 Å². The zero-order valence-electron chi connectivity index (χ0n) is 7.71. The molecule has 0 aromatic rings. The van der Waals surface area contributed by atoms with Crippen molar-refractivity contribution >= 4 is 12.8 Å². The molecule has 14 heavy (non-hydrogen) atoms. The third-order valence-electron chi connectivity index (χ3n) is 1.42. The van der Waals surface area contributed by atoms with Gasteiger partial charge in [-0.05, 0) is 6.92 Å². The summed E-state index contributed by atoms with van der Waals surface area (Å²) in [6.07, 6.45) is -4.53. The Morgan fingerprint density at radius 2 is 1.86 bits per heavy atom. The second-order valence-electron chi connectivity index (χ2n) is 2.57. The fourth-order valence-corrected chi connectivity index (χ4v) is 0.513. The van der Waals surface area contributed by atoms with Gasteiger partial charge in [0, 0.05) is 7.05 Å². The van der Waals surface area contributed by atoms with Gasteiger partial charge >= 0.3 is 13.3 Å². The molecule has 0 amide bonds. The summed E-state index contributed by atoms with van der Waals surface area (Å²) >= 11 is 0. The first-order valence-electron chi connectivity index (χ1n) is 3.57. The van der Waals surface area contributed by atoms with Gasteiger partial charge in [-0.1, -0.05) is 6.58 Å². The highest BCUT2D eigenvalue weighted by atomic mass is 19.4. The van der Waals surface area contributed by atoms with E-state index >= 15 is 0 Å². The van der Waals surface area contributed by atoms with Crippen LogP contribution in [0.3, 0.4) is 0 Å². The third kappa shape index (κ3) is 3.80. The van der Waals surface area contributed by atoms with Gasteiger partial charge in [-0.25, -0.2) is 0 Å². The van der Waals surface area contributed by atoms with Crippen LogP contribution < -0.4 is 0 Å². The van der Waals surface area contributed by atoms with Crippen LogP contribution in [0.4, 0.5) is 13.2 Å². The smallest absolute Gasteiger partial charge is 0.422 e. The summed E-state index contributed by atoms with van der Waals surface area (Å²) in [5.41, 5.74) is -1.43.